The summed E-state index contributed by atoms with van der Waals surface area (Å²) >= 11 is 3.50. The quantitative estimate of drug-likeness (QED) is 0.895. The lowest BCUT2D eigenvalue weighted by Gasteiger charge is -2.26. The topological polar surface area (TPSA) is 50.7 Å². The smallest absolute Gasteiger partial charge is 0.231 e. The third kappa shape index (κ3) is 3.04. The van der Waals surface area contributed by atoms with Gasteiger partial charge in [0.25, 0.3) is 0 Å². The number of aliphatic hydroxyl groups excluding tert-OH is 1. The Morgan fingerprint density at radius 2 is 2.21 bits per heavy atom. The SMILES string of the molecule is OC1CCCC(NCc2cc(Br)c3c(c2)OCO3)C1. The van der Waals surface area contributed by atoms with Crippen LogP contribution in [0, 0.1) is 0 Å². The highest BCUT2D eigenvalue weighted by Gasteiger charge is 2.21. The lowest BCUT2D eigenvalue weighted by atomic mass is 9.93. The van der Waals surface area contributed by atoms with Crippen molar-refractivity contribution in [2.24, 2.45) is 0 Å². The lowest BCUT2D eigenvalue weighted by molar-refractivity contribution is 0.111. The van der Waals surface area contributed by atoms with Gasteiger partial charge in [0.05, 0.1) is 10.6 Å². The largest absolute Gasteiger partial charge is 0.454 e. The van der Waals surface area contributed by atoms with Crippen molar-refractivity contribution in [1.29, 1.82) is 0 Å². The zero-order valence-electron chi connectivity index (χ0n) is 10.7. The molecule has 2 unspecified atom stereocenters. The molecule has 0 bridgehead atoms. The Bertz CT molecular complexity index is 466. The Morgan fingerprint density at radius 3 is 3.05 bits per heavy atom. The number of aliphatic hydroxyl groups is 1. The standard InChI is InChI=1S/C14H18BrNO3/c15-12-4-9(5-13-14(12)19-8-18-13)7-16-10-2-1-3-11(17)6-10/h4-5,10-11,16-17H,1-3,6-8H2. The predicted molar refractivity (Wildman–Crippen MR) is 75.4 cm³/mol. The molecule has 1 heterocycles. The fraction of sp³-hybridized carbons (Fsp3) is 0.571. The van der Waals surface area contributed by atoms with Gasteiger partial charge in [0.2, 0.25) is 6.79 Å². The first kappa shape index (κ1) is 13.2. The second-order valence-corrected chi connectivity index (χ2v) is 6.06. The molecule has 1 saturated carbocycles. The van der Waals surface area contributed by atoms with Crippen molar-refractivity contribution in [3.8, 4) is 11.5 Å². The molecule has 0 aromatic heterocycles. The van der Waals surface area contributed by atoms with Crippen LogP contribution in [0.5, 0.6) is 11.5 Å². The Hall–Kier alpha value is -0.780. The molecule has 1 aliphatic heterocycles. The highest BCUT2D eigenvalue weighted by Crippen LogP contribution is 2.40. The van der Waals surface area contributed by atoms with E-state index in [9.17, 15) is 5.11 Å². The van der Waals surface area contributed by atoms with Crippen LogP contribution in [0.25, 0.3) is 0 Å². The number of benzene rings is 1. The molecule has 2 aliphatic rings. The highest BCUT2D eigenvalue weighted by atomic mass is 79.9. The number of fused-ring (bicyclic) bond motifs is 1. The molecule has 1 aliphatic carbocycles. The van der Waals surface area contributed by atoms with E-state index in [-0.39, 0.29) is 6.10 Å². The Balaban J connectivity index is 1.62. The van der Waals surface area contributed by atoms with Crippen LogP contribution < -0.4 is 14.8 Å². The van der Waals surface area contributed by atoms with Gasteiger partial charge in [-0.05, 0) is 59.3 Å². The molecular formula is C14H18BrNO3. The summed E-state index contributed by atoms with van der Waals surface area (Å²) in [5, 5.41) is 13.2. The zero-order valence-corrected chi connectivity index (χ0v) is 12.3. The van der Waals surface area contributed by atoms with Crippen LogP contribution in [0.4, 0.5) is 0 Å². The third-order valence-electron chi connectivity index (χ3n) is 3.73. The van der Waals surface area contributed by atoms with Crippen molar-refractivity contribution < 1.29 is 14.6 Å². The molecule has 1 aromatic carbocycles. The van der Waals surface area contributed by atoms with E-state index < -0.39 is 0 Å². The fourth-order valence-electron chi connectivity index (χ4n) is 2.73. The summed E-state index contributed by atoms with van der Waals surface area (Å²) in [6.45, 7) is 1.08. The molecule has 104 valence electrons. The molecule has 19 heavy (non-hydrogen) atoms. The Kier molecular flexibility index (Phi) is 3.96. The van der Waals surface area contributed by atoms with Gasteiger partial charge in [-0.2, -0.15) is 0 Å². The fourth-order valence-corrected chi connectivity index (χ4v) is 3.34. The lowest BCUT2D eigenvalue weighted by Crippen LogP contribution is -2.35. The average Bonchev–Trinajstić information content (AvgIpc) is 2.85. The van der Waals surface area contributed by atoms with Crippen molar-refractivity contribution in [2.45, 2.75) is 44.4 Å². The van der Waals surface area contributed by atoms with E-state index in [1.54, 1.807) is 0 Å². The molecule has 3 rings (SSSR count). The molecule has 5 heteroatoms. The van der Waals surface area contributed by atoms with Crippen molar-refractivity contribution in [3.63, 3.8) is 0 Å². The summed E-state index contributed by atoms with van der Waals surface area (Å²) in [6.07, 6.45) is 3.89. The van der Waals surface area contributed by atoms with Gasteiger partial charge in [0, 0.05) is 12.6 Å². The Morgan fingerprint density at radius 1 is 1.32 bits per heavy atom. The van der Waals surface area contributed by atoms with Gasteiger partial charge in [0.1, 0.15) is 0 Å². The monoisotopic (exact) mass is 327 g/mol. The molecule has 2 N–H and O–H groups in total. The Labute approximate surface area is 121 Å². The van der Waals surface area contributed by atoms with Crippen LogP contribution >= 0.6 is 15.9 Å². The number of halogens is 1. The predicted octanol–water partition coefficient (Wildman–Crippen LogP) is 2.57. The van der Waals surface area contributed by atoms with E-state index in [2.05, 4.69) is 27.3 Å². The molecule has 4 nitrogen and oxygen atoms in total. The molecule has 0 spiro atoms. The maximum absolute atomic E-state index is 9.66. The third-order valence-corrected chi connectivity index (χ3v) is 4.32. The van der Waals surface area contributed by atoms with Crippen molar-refractivity contribution in [1.82, 2.24) is 5.32 Å². The highest BCUT2D eigenvalue weighted by molar-refractivity contribution is 9.10. The van der Waals surface area contributed by atoms with Crippen LogP contribution in [-0.4, -0.2) is 24.0 Å². The van der Waals surface area contributed by atoms with Crippen molar-refractivity contribution in [3.05, 3.63) is 22.2 Å². The normalized spacial score (nSPS) is 25.6. The van der Waals surface area contributed by atoms with Crippen LogP contribution in [0.2, 0.25) is 0 Å². The minimum Gasteiger partial charge on any atom is -0.454 e. The van der Waals surface area contributed by atoms with Crippen LogP contribution in [0.3, 0.4) is 0 Å². The average molecular weight is 328 g/mol. The molecule has 2 atom stereocenters. The van der Waals surface area contributed by atoms with Gasteiger partial charge in [0.15, 0.2) is 11.5 Å². The zero-order chi connectivity index (χ0) is 13.2. The summed E-state index contributed by atoms with van der Waals surface area (Å²) < 4.78 is 11.7. The maximum atomic E-state index is 9.66. The van der Waals surface area contributed by atoms with Gasteiger partial charge in [-0.1, -0.05) is 0 Å². The molecule has 1 aromatic rings. The second kappa shape index (κ2) is 5.69. The molecule has 1 fully saturated rings. The first-order valence-corrected chi connectivity index (χ1v) is 7.51. The van der Waals surface area contributed by atoms with Crippen molar-refractivity contribution >= 4 is 15.9 Å². The summed E-state index contributed by atoms with van der Waals surface area (Å²) in [4.78, 5) is 0. The minimum atomic E-state index is -0.144. The van der Waals surface area contributed by atoms with Gasteiger partial charge >= 0.3 is 0 Å². The molecular weight excluding hydrogens is 310 g/mol. The number of hydrogen-bond acceptors (Lipinski definition) is 4. The van der Waals surface area contributed by atoms with E-state index in [1.807, 2.05) is 6.07 Å². The maximum Gasteiger partial charge on any atom is 0.231 e. The first-order valence-electron chi connectivity index (χ1n) is 6.72. The van der Waals surface area contributed by atoms with Crippen LogP contribution in [0.15, 0.2) is 16.6 Å². The van der Waals surface area contributed by atoms with E-state index in [0.29, 0.717) is 12.8 Å². The van der Waals surface area contributed by atoms with Gasteiger partial charge in [-0.15, -0.1) is 0 Å². The van der Waals surface area contributed by atoms with Crippen molar-refractivity contribution in [2.75, 3.05) is 6.79 Å². The second-order valence-electron chi connectivity index (χ2n) is 5.21. The first-order chi connectivity index (χ1) is 9.22. The molecule has 0 amide bonds. The summed E-state index contributed by atoms with van der Waals surface area (Å²) in [5.41, 5.74) is 1.16. The summed E-state index contributed by atoms with van der Waals surface area (Å²) in [7, 11) is 0. The van der Waals surface area contributed by atoms with Gasteiger partial charge in [-0.3, -0.25) is 0 Å². The van der Waals surface area contributed by atoms with Gasteiger partial charge < -0.3 is 19.9 Å². The summed E-state index contributed by atoms with van der Waals surface area (Å²) in [6, 6.07) is 4.48. The number of nitrogens with one attached hydrogen (secondary N) is 1. The molecule has 0 radical (unpaired) electrons. The van der Waals surface area contributed by atoms with Gasteiger partial charge in [-0.25, -0.2) is 0 Å². The van der Waals surface area contributed by atoms with Crippen LogP contribution in [0.1, 0.15) is 31.2 Å². The van der Waals surface area contributed by atoms with E-state index >= 15 is 0 Å². The van der Waals surface area contributed by atoms with E-state index in [4.69, 9.17) is 9.47 Å². The number of ether oxygens (including phenoxy) is 2. The summed E-state index contributed by atoms with van der Waals surface area (Å²) in [5.74, 6) is 1.59. The minimum absolute atomic E-state index is 0.144. The number of rotatable bonds is 3. The van der Waals surface area contributed by atoms with E-state index in [1.165, 1.54) is 0 Å². The van der Waals surface area contributed by atoms with Crippen LogP contribution in [-0.2, 0) is 6.54 Å². The number of hydrogen-bond donors (Lipinski definition) is 2. The van der Waals surface area contributed by atoms with E-state index in [0.717, 1.165) is 53.8 Å². The molecule has 0 saturated heterocycles.